The number of hydrogen-bond donors (Lipinski definition) is 2. The van der Waals surface area contributed by atoms with E-state index in [1.165, 1.54) is 0 Å². The van der Waals surface area contributed by atoms with Gasteiger partial charge in [0.15, 0.2) is 0 Å². The Labute approximate surface area is 136 Å². The maximum atomic E-state index is 11.9. The summed E-state index contributed by atoms with van der Waals surface area (Å²) in [4.78, 5) is 25.9. The number of nitrogens with zero attached hydrogens (tertiary/aromatic N) is 1. The maximum Gasteiger partial charge on any atom is 0.411 e. The second-order valence-corrected chi connectivity index (χ2v) is 5.19. The third kappa shape index (κ3) is 6.04. The highest BCUT2D eigenvalue weighted by molar-refractivity contribution is 5.76. The van der Waals surface area contributed by atoms with Crippen LogP contribution in [0.3, 0.4) is 0 Å². The van der Waals surface area contributed by atoms with Crippen LogP contribution in [0.5, 0.6) is 0 Å². The highest BCUT2D eigenvalue weighted by Gasteiger charge is 2.27. The van der Waals surface area contributed by atoms with E-state index in [4.69, 9.17) is 5.26 Å². The number of aryl methyl sites for hydroxylation is 1. The van der Waals surface area contributed by atoms with Crippen molar-refractivity contribution in [2.45, 2.75) is 32.9 Å². The summed E-state index contributed by atoms with van der Waals surface area (Å²) in [6, 6.07) is 1.83. The Morgan fingerprint density at radius 3 is 2.62 bits per heavy atom. The monoisotopic (exact) mass is 345 g/mol. The second kappa shape index (κ2) is 8.49. The number of pyridine rings is 1. The van der Waals surface area contributed by atoms with Gasteiger partial charge in [-0.3, -0.25) is 9.59 Å². The number of alkyl halides is 3. The number of ether oxygens (including phenoxy) is 1. The van der Waals surface area contributed by atoms with Crippen molar-refractivity contribution in [3.8, 4) is 6.07 Å². The molecule has 0 saturated heterocycles. The SMILES string of the molecule is Cc1[nH]c(=O)c(C#N)c(C)c1CCC(=O)NCCOCC(F)(F)F. The van der Waals surface area contributed by atoms with Gasteiger partial charge in [-0.05, 0) is 31.4 Å². The summed E-state index contributed by atoms with van der Waals surface area (Å²) in [5.74, 6) is -0.353. The van der Waals surface area contributed by atoms with E-state index in [-0.39, 0.29) is 31.0 Å². The van der Waals surface area contributed by atoms with Crippen molar-refractivity contribution in [2.24, 2.45) is 0 Å². The molecule has 0 aliphatic rings. The predicted octanol–water partition coefficient (Wildman–Crippen LogP) is 1.49. The molecule has 24 heavy (non-hydrogen) atoms. The summed E-state index contributed by atoms with van der Waals surface area (Å²) in [5, 5.41) is 11.4. The van der Waals surface area contributed by atoms with Crippen molar-refractivity contribution in [1.29, 1.82) is 5.26 Å². The normalized spacial score (nSPS) is 11.2. The van der Waals surface area contributed by atoms with Gasteiger partial charge in [-0.1, -0.05) is 0 Å². The quantitative estimate of drug-likeness (QED) is 0.732. The van der Waals surface area contributed by atoms with E-state index in [0.717, 1.165) is 0 Å². The summed E-state index contributed by atoms with van der Waals surface area (Å²) in [7, 11) is 0. The standard InChI is InChI=1S/C15H18F3N3O3/c1-9-11(10(2)21-14(23)12(9)7-19)3-4-13(22)20-5-6-24-8-15(16,17)18/h3-6,8H2,1-2H3,(H,20,22)(H,21,23). The van der Waals surface area contributed by atoms with Gasteiger partial charge >= 0.3 is 6.18 Å². The second-order valence-electron chi connectivity index (χ2n) is 5.19. The van der Waals surface area contributed by atoms with E-state index in [0.29, 0.717) is 23.2 Å². The fourth-order valence-corrected chi connectivity index (χ4v) is 2.20. The number of aromatic amines is 1. The molecular weight excluding hydrogens is 327 g/mol. The predicted molar refractivity (Wildman–Crippen MR) is 79.5 cm³/mol. The number of nitriles is 1. The molecule has 1 heterocycles. The highest BCUT2D eigenvalue weighted by atomic mass is 19.4. The van der Waals surface area contributed by atoms with Gasteiger partial charge in [0, 0.05) is 18.7 Å². The van der Waals surface area contributed by atoms with Gasteiger partial charge in [0.05, 0.1) is 6.61 Å². The van der Waals surface area contributed by atoms with E-state index in [2.05, 4.69) is 15.0 Å². The zero-order chi connectivity index (χ0) is 18.3. The van der Waals surface area contributed by atoms with E-state index >= 15 is 0 Å². The van der Waals surface area contributed by atoms with Gasteiger partial charge in [-0.2, -0.15) is 18.4 Å². The largest absolute Gasteiger partial charge is 0.411 e. The molecule has 0 aromatic carbocycles. The summed E-state index contributed by atoms with van der Waals surface area (Å²) in [6.45, 7) is 1.70. The zero-order valence-electron chi connectivity index (χ0n) is 13.3. The maximum absolute atomic E-state index is 11.9. The van der Waals surface area contributed by atoms with Gasteiger partial charge < -0.3 is 15.0 Å². The molecule has 0 unspecified atom stereocenters. The Kier molecular flexibility index (Phi) is 6.97. The van der Waals surface area contributed by atoms with Crippen LogP contribution < -0.4 is 10.9 Å². The van der Waals surface area contributed by atoms with Crippen LogP contribution >= 0.6 is 0 Å². The lowest BCUT2D eigenvalue weighted by molar-refractivity contribution is -0.173. The molecule has 6 nitrogen and oxygen atoms in total. The first-order chi connectivity index (χ1) is 11.2. The Morgan fingerprint density at radius 1 is 1.38 bits per heavy atom. The highest BCUT2D eigenvalue weighted by Crippen LogP contribution is 2.15. The van der Waals surface area contributed by atoms with Gasteiger partial charge in [0.2, 0.25) is 5.91 Å². The molecule has 0 atom stereocenters. The zero-order valence-corrected chi connectivity index (χ0v) is 13.3. The number of aromatic nitrogens is 1. The summed E-state index contributed by atoms with van der Waals surface area (Å²) in [6.07, 6.45) is -4.00. The minimum atomic E-state index is -4.39. The molecule has 9 heteroatoms. The minimum Gasteiger partial charge on any atom is -0.370 e. The first-order valence-corrected chi connectivity index (χ1v) is 7.19. The molecule has 1 aromatic heterocycles. The van der Waals surface area contributed by atoms with Crippen LogP contribution in [0.1, 0.15) is 28.8 Å². The van der Waals surface area contributed by atoms with Crippen LogP contribution in [-0.2, 0) is 16.0 Å². The van der Waals surface area contributed by atoms with Crippen molar-refractivity contribution in [2.75, 3.05) is 19.8 Å². The van der Waals surface area contributed by atoms with E-state index in [1.54, 1.807) is 13.8 Å². The number of carbonyl (C=O) groups is 1. The van der Waals surface area contributed by atoms with Crippen LogP contribution in [0.2, 0.25) is 0 Å². The van der Waals surface area contributed by atoms with Crippen LogP contribution in [0, 0.1) is 25.2 Å². The van der Waals surface area contributed by atoms with Gasteiger partial charge in [0.25, 0.3) is 5.56 Å². The van der Waals surface area contributed by atoms with Gasteiger partial charge in [-0.15, -0.1) is 0 Å². The fourth-order valence-electron chi connectivity index (χ4n) is 2.20. The molecular formula is C15H18F3N3O3. The molecule has 0 aliphatic heterocycles. The van der Waals surface area contributed by atoms with Crippen LogP contribution in [0.15, 0.2) is 4.79 Å². The number of hydrogen-bond acceptors (Lipinski definition) is 4. The Balaban J connectivity index is 2.48. The van der Waals surface area contributed by atoms with E-state index in [1.807, 2.05) is 6.07 Å². The van der Waals surface area contributed by atoms with Gasteiger partial charge in [-0.25, -0.2) is 0 Å². The number of halogens is 3. The number of nitrogens with one attached hydrogen (secondary N) is 2. The van der Waals surface area contributed by atoms with E-state index in [9.17, 15) is 22.8 Å². The first-order valence-electron chi connectivity index (χ1n) is 7.19. The molecule has 132 valence electrons. The molecule has 0 fully saturated rings. The number of rotatable bonds is 7. The van der Waals surface area contributed by atoms with Crippen molar-refractivity contribution in [3.05, 3.63) is 32.7 Å². The van der Waals surface area contributed by atoms with Crippen molar-refractivity contribution < 1.29 is 22.7 Å². The molecule has 1 amide bonds. The Bertz CT molecular complexity index is 690. The number of amides is 1. The van der Waals surface area contributed by atoms with Crippen LogP contribution in [0.25, 0.3) is 0 Å². The molecule has 0 radical (unpaired) electrons. The molecule has 0 aliphatic carbocycles. The lowest BCUT2D eigenvalue weighted by Crippen LogP contribution is -2.29. The number of H-pyrrole nitrogens is 1. The third-order valence-electron chi connectivity index (χ3n) is 3.36. The average Bonchev–Trinajstić information content (AvgIpc) is 2.45. The minimum absolute atomic E-state index is 0.0107. The van der Waals surface area contributed by atoms with Crippen molar-refractivity contribution in [3.63, 3.8) is 0 Å². The molecule has 0 saturated carbocycles. The molecule has 1 rings (SSSR count). The van der Waals surface area contributed by atoms with Crippen LogP contribution in [-0.4, -0.2) is 36.8 Å². The van der Waals surface area contributed by atoms with Crippen LogP contribution in [0.4, 0.5) is 13.2 Å². The smallest absolute Gasteiger partial charge is 0.370 e. The Hall–Kier alpha value is -2.34. The lowest BCUT2D eigenvalue weighted by Gasteiger charge is -2.11. The molecule has 2 N–H and O–H groups in total. The van der Waals surface area contributed by atoms with Crippen molar-refractivity contribution in [1.82, 2.24) is 10.3 Å². The lowest BCUT2D eigenvalue weighted by atomic mass is 9.99. The van der Waals surface area contributed by atoms with Gasteiger partial charge in [0.1, 0.15) is 18.2 Å². The summed E-state index contributed by atoms with van der Waals surface area (Å²) in [5.41, 5.74) is 1.35. The summed E-state index contributed by atoms with van der Waals surface area (Å²) >= 11 is 0. The van der Waals surface area contributed by atoms with E-state index < -0.39 is 18.3 Å². The first kappa shape index (κ1) is 19.7. The average molecular weight is 345 g/mol. The fraction of sp³-hybridized carbons (Fsp3) is 0.533. The third-order valence-corrected chi connectivity index (χ3v) is 3.36. The Morgan fingerprint density at radius 2 is 2.04 bits per heavy atom. The topological polar surface area (TPSA) is 95.0 Å². The molecule has 1 aromatic rings. The molecule has 0 spiro atoms. The molecule has 0 bridgehead atoms. The number of carbonyl (C=O) groups excluding carboxylic acids is 1. The van der Waals surface area contributed by atoms with Crippen molar-refractivity contribution >= 4 is 5.91 Å². The summed E-state index contributed by atoms with van der Waals surface area (Å²) < 4.78 is 39.9.